The maximum atomic E-state index is 11.8. The Bertz CT molecular complexity index is 879. The molecule has 0 bridgehead atoms. The molecule has 3 rings (SSSR count). The van der Waals surface area contributed by atoms with Gasteiger partial charge in [0.1, 0.15) is 12.3 Å². The number of hydrogen-bond donors (Lipinski definition) is 1. The van der Waals surface area contributed by atoms with Gasteiger partial charge in [-0.1, -0.05) is 11.2 Å². The summed E-state index contributed by atoms with van der Waals surface area (Å²) in [5.74, 6) is 0.827. The summed E-state index contributed by atoms with van der Waals surface area (Å²) in [7, 11) is 1.45. The van der Waals surface area contributed by atoms with Gasteiger partial charge >= 0.3 is 5.97 Å². The van der Waals surface area contributed by atoms with E-state index in [0.717, 1.165) is 0 Å². The third-order valence-corrected chi connectivity index (χ3v) is 3.30. The van der Waals surface area contributed by atoms with E-state index in [9.17, 15) is 9.90 Å². The van der Waals surface area contributed by atoms with Gasteiger partial charge in [0.25, 0.3) is 0 Å². The van der Waals surface area contributed by atoms with Crippen LogP contribution in [0.5, 0.6) is 11.5 Å². The van der Waals surface area contributed by atoms with Crippen LogP contribution in [-0.2, 0) is 16.1 Å². The Labute approximate surface area is 143 Å². The first kappa shape index (κ1) is 16.4. The second kappa shape index (κ2) is 7.39. The first-order chi connectivity index (χ1) is 12.2. The molecule has 25 heavy (non-hydrogen) atoms. The predicted molar refractivity (Wildman–Crippen MR) is 87.7 cm³/mol. The van der Waals surface area contributed by atoms with Gasteiger partial charge in [-0.15, -0.1) is 0 Å². The zero-order valence-corrected chi connectivity index (χ0v) is 13.3. The summed E-state index contributed by atoms with van der Waals surface area (Å²) < 4.78 is 20.4. The van der Waals surface area contributed by atoms with E-state index in [1.54, 1.807) is 36.4 Å². The number of phenols is 1. The number of esters is 1. The van der Waals surface area contributed by atoms with Crippen molar-refractivity contribution in [2.45, 2.75) is 6.61 Å². The standard InChI is InChI=1S/C18H15NO6/c1-22-16-9-12(4-6-14(16)20)5-7-18(21)24-11-13-10-17(25-19-13)15-3-2-8-23-15/h2-10,20H,11H2,1H3/b7-5+. The topological polar surface area (TPSA) is 94.9 Å². The van der Waals surface area contributed by atoms with Gasteiger partial charge in [-0.05, 0) is 35.9 Å². The lowest BCUT2D eigenvalue weighted by atomic mass is 10.2. The van der Waals surface area contributed by atoms with Gasteiger partial charge in [0, 0.05) is 12.1 Å². The third kappa shape index (κ3) is 4.08. The van der Waals surface area contributed by atoms with Gasteiger partial charge in [-0.2, -0.15) is 0 Å². The number of nitrogens with zero attached hydrogens (tertiary/aromatic N) is 1. The van der Waals surface area contributed by atoms with Crippen LogP contribution in [0.3, 0.4) is 0 Å². The lowest BCUT2D eigenvalue weighted by Gasteiger charge is -2.03. The van der Waals surface area contributed by atoms with Crippen LogP contribution in [0.4, 0.5) is 0 Å². The van der Waals surface area contributed by atoms with Crippen molar-refractivity contribution >= 4 is 12.0 Å². The SMILES string of the molecule is COc1cc(/C=C/C(=O)OCc2cc(-c3ccco3)on2)ccc1O. The second-order valence-electron chi connectivity index (χ2n) is 5.03. The molecule has 7 heteroatoms. The fourth-order valence-corrected chi connectivity index (χ4v) is 2.07. The van der Waals surface area contributed by atoms with Crippen molar-refractivity contribution in [1.29, 1.82) is 0 Å². The molecule has 0 fully saturated rings. The van der Waals surface area contributed by atoms with Crippen LogP contribution < -0.4 is 4.74 Å². The van der Waals surface area contributed by atoms with Gasteiger partial charge in [0.15, 0.2) is 17.3 Å². The van der Waals surface area contributed by atoms with Crippen LogP contribution in [0, 0.1) is 0 Å². The number of phenolic OH excluding ortho intramolecular Hbond substituents is 1. The van der Waals surface area contributed by atoms with Gasteiger partial charge in [-0.3, -0.25) is 0 Å². The number of ether oxygens (including phenoxy) is 2. The molecule has 2 aromatic heterocycles. The van der Waals surface area contributed by atoms with E-state index >= 15 is 0 Å². The van der Waals surface area contributed by atoms with Gasteiger partial charge in [0.2, 0.25) is 5.76 Å². The van der Waals surface area contributed by atoms with Crippen molar-refractivity contribution in [2.24, 2.45) is 0 Å². The van der Waals surface area contributed by atoms with Crippen LogP contribution in [0.1, 0.15) is 11.3 Å². The molecule has 0 spiro atoms. The second-order valence-corrected chi connectivity index (χ2v) is 5.03. The normalized spacial score (nSPS) is 10.9. The molecule has 0 aliphatic rings. The molecule has 0 aliphatic carbocycles. The Morgan fingerprint density at radius 2 is 2.16 bits per heavy atom. The van der Waals surface area contributed by atoms with E-state index in [1.165, 1.54) is 25.5 Å². The summed E-state index contributed by atoms with van der Waals surface area (Å²) in [6.45, 7) is -0.0215. The highest BCUT2D eigenvalue weighted by molar-refractivity contribution is 5.87. The molecular formula is C18H15NO6. The fourth-order valence-electron chi connectivity index (χ4n) is 2.07. The number of carbonyl (C=O) groups excluding carboxylic acids is 1. The Kier molecular flexibility index (Phi) is 4.84. The highest BCUT2D eigenvalue weighted by Gasteiger charge is 2.10. The lowest BCUT2D eigenvalue weighted by Crippen LogP contribution is -2.00. The Morgan fingerprint density at radius 3 is 2.92 bits per heavy atom. The Hall–Kier alpha value is -3.48. The molecule has 1 aromatic carbocycles. The number of aromatic hydroxyl groups is 1. The zero-order valence-electron chi connectivity index (χ0n) is 13.3. The molecule has 0 atom stereocenters. The minimum absolute atomic E-state index is 0.0215. The number of hydrogen-bond acceptors (Lipinski definition) is 7. The molecule has 128 valence electrons. The summed E-state index contributed by atoms with van der Waals surface area (Å²) in [6.07, 6.45) is 4.36. The number of methoxy groups -OCH3 is 1. The van der Waals surface area contributed by atoms with E-state index in [0.29, 0.717) is 28.5 Å². The highest BCUT2D eigenvalue weighted by atomic mass is 16.5. The van der Waals surface area contributed by atoms with Gasteiger partial charge < -0.3 is 23.5 Å². The predicted octanol–water partition coefficient (Wildman–Crippen LogP) is 3.41. The first-order valence-electron chi connectivity index (χ1n) is 7.37. The molecule has 2 heterocycles. The number of furan rings is 1. The third-order valence-electron chi connectivity index (χ3n) is 3.30. The largest absolute Gasteiger partial charge is 0.504 e. The Balaban J connectivity index is 1.56. The van der Waals surface area contributed by atoms with Crippen molar-refractivity contribution in [3.05, 3.63) is 60.0 Å². The fraction of sp³-hybridized carbons (Fsp3) is 0.111. The molecule has 0 aliphatic heterocycles. The summed E-state index contributed by atoms with van der Waals surface area (Å²) >= 11 is 0. The summed E-state index contributed by atoms with van der Waals surface area (Å²) in [4.78, 5) is 11.8. The number of carbonyl (C=O) groups is 1. The van der Waals surface area contributed by atoms with E-state index in [1.807, 2.05) is 0 Å². The average Bonchev–Trinajstić information content (AvgIpc) is 3.30. The maximum Gasteiger partial charge on any atom is 0.331 e. The molecule has 0 saturated heterocycles. The molecule has 0 saturated carbocycles. The van der Waals surface area contributed by atoms with Crippen molar-refractivity contribution in [3.63, 3.8) is 0 Å². The first-order valence-corrected chi connectivity index (χ1v) is 7.37. The molecule has 1 N–H and O–H groups in total. The summed E-state index contributed by atoms with van der Waals surface area (Å²) in [5, 5.41) is 13.3. The van der Waals surface area contributed by atoms with Crippen molar-refractivity contribution < 1.29 is 28.3 Å². The van der Waals surface area contributed by atoms with Crippen LogP contribution >= 0.6 is 0 Å². The number of benzene rings is 1. The molecule has 0 radical (unpaired) electrons. The van der Waals surface area contributed by atoms with Crippen LogP contribution in [0.25, 0.3) is 17.6 Å². The quantitative estimate of drug-likeness (QED) is 0.542. The number of aromatic nitrogens is 1. The molecular weight excluding hydrogens is 326 g/mol. The van der Waals surface area contributed by atoms with Gasteiger partial charge in [0.05, 0.1) is 13.4 Å². The molecule has 7 nitrogen and oxygen atoms in total. The van der Waals surface area contributed by atoms with E-state index in [-0.39, 0.29) is 12.4 Å². The molecule has 0 amide bonds. The van der Waals surface area contributed by atoms with Crippen molar-refractivity contribution in [1.82, 2.24) is 5.16 Å². The monoisotopic (exact) mass is 341 g/mol. The maximum absolute atomic E-state index is 11.8. The van der Waals surface area contributed by atoms with Crippen LogP contribution in [-0.4, -0.2) is 23.3 Å². The van der Waals surface area contributed by atoms with E-state index in [4.69, 9.17) is 18.4 Å². The van der Waals surface area contributed by atoms with E-state index in [2.05, 4.69) is 5.16 Å². The van der Waals surface area contributed by atoms with Crippen molar-refractivity contribution in [2.75, 3.05) is 7.11 Å². The Morgan fingerprint density at radius 1 is 1.28 bits per heavy atom. The summed E-state index contributed by atoms with van der Waals surface area (Å²) in [5.41, 5.74) is 1.16. The van der Waals surface area contributed by atoms with Crippen LogP contribution in [0.2, 0.25) is 0 Å². The smallest absolute Gasteiger partial charge is 0.331 e. The molecule has 0 unspecified atom stereocenters. The summed E-state index contributed by atoms with van der Waals surface area (Å²) in [6, 6.07) is 9.85. The number of rotatable bonds is 6. The van der Waals surface area contributed by atoms with Crippen molar-refractivity contribution in [3.8, 4) is 23.0 Å². The average molecular weight is 341 g/mol. The van der Waals surface area contributed by atoms with Crippen LogP contribution in [0.15, 0.2) is 57.7 Å². The lowest BCUT2D eigenvalue weighted by molar-refractivity contribution is -0.139. The molecule has 3 aromatic rings. The zero-order chi connectivity index (χ0) is 17.6. The van der Waals surface area contributed by atoms with E-state index < -0.39 is 5.97 Å². The highest BCUT2D eigenvalue weighted by Crippen LogP contribution is 2.26. The minimum atomic E-state index is -0.533. The minimum Gasteiger partial charge on any atom is -0.504 e. The van der Waals surface area contributed by atoms with Gasteiger partial charge in [-0.25, -0.2) is 4.79 Å².